The van der Waals surface area contributed by atoms with Crippen LogP contribution >= 0.6 is 0 Å². The zero-order chi connectivity index (χ0) is 22.9. The van der Waals surface area contributed by atoms with Crippen LogP contribution in [-0.2, 0) is 10.5 Å². The minimum absolute atomic E-state index is 0.00387. The molecule has 0 saturated carbocycles. The Balaban J connectivity index is 1.63. The van der Waals surface area contributed by atoms with Crippen LogP contribution in [0.25, 0.3) is 11.1 Å². The third kappa shape index (κ3) is 4.12. The number of hydrogen-bond donors (Lipinski definition) is 1. The number of rotatable bonds is 4. The molecule has 1 aliphatic heterocycles. The first-order valence-electron chi connectivity index (χ1n) is 9.71. The van der Waals surface area contributed by atoms with Crippen LogP contribution in [0.5, 0.6) is 5.75 Å². The van der Waals surface area contributed by atoms with Gasteiger partial charge in [-0.2, -0.15) is 17.7 Å². The van der Waals surface area contributed by atoms with E-state index < -0.39 is 11.7 Å². The summed E-state index contributed by atoms with van der Waals surface area (Å²) in [5.74, 6) is 0.460. The number of nitrogens with zero attached hydrogens (tertiary/aromatic N) is 1. The van der Waals surface area contributed by atoms with Crippen molar-refractivity contribution in [3.8, 4) is 16.9 Å². The Kier molecular flexibility index (Phi) is 5.53. The maximum Gasteiger partial charge on any atom is 0.382 e. The van der Waals surface area contributed by atoms with Gasteiger partial charge in [0.1, 0.15) is 6.72 Å². The molecule has 0 aromatic heterocycles. The number of hydrogen-bond acceptors (Lipinski definition) is 1. The third-order valence-electron chi connectivity index (χ3n) is 5.12. The van der Waals surface area contributed by atoms with Gasteiger partial charge >= 0.3 is 6.18 Å². The minimum Gasteiger partial charge on any atom is -0.718 e. The summed E-state index contributed by atoms with van der Waals surface area (Å²) in [6, 6.07) is 20.1. The minimum atomic E-state index is -4.49. The summed E-state index contributed by atoms with van der Waals surface area (Å²) in [5, 5.41) is 10.4. The third-order valence-corrected chi connectivity index (χ3v) is 5.12. The van der Waals surface area contributed by atoms with Crippen molar-refractivity contribution in [2.45, 2.75) is 6.18 Å². The Morgan fingerprint density at radius 3 is 2.38 bits per heavy atom. The first-order chi connectivity index (χ1) is 15.3. The van der Waals surface area contributed by atoms with E-state index in [9.17, 15) is 18.3 Å². The van der Waals surface area contributed by atoms with Gasteiger partial charge in [-0.25, -0.2) is 0 Å². The van der Waals surface area contributed by atoms with Crippen LogP contribution in [0, 0.1) is 13.2 Å². The molecule has 32 heavy (non-hydrogen) atoms. The van der Waals surface area contributed by atoms with Crippen molar-refractivity contribution < 1.29 is 27.2 Å². The SMILES string of the molecule is C=[N+](/C=C1/C=C[C-](c2ccccc2C(F)(F)F)[O+]1[CH2-])c1cc(-c2ccccc2)ccc1O. The van der Waals surface area contributed by atoms with Gasteiger partial charge in [0.2, 0.25) is 5.76 Å². The summed E-state index contributed by atoms with van der Waals surface area (Å²) in [7, 11) is 3.83. The zero-order valence-corrected chi connectivity index (χ0v) is 17.0. The molecule has 162 valence electrons. The molecule has 3 aromatic carbocycles. The fraction of sp³-hybridized carbons (Fsp3) is 0.0385. The number of phenolic OH excluding ortho intramolecular Hbond substituents is 1. The van der Waals surface area contributed by atoms with Gasteiger partial charge in [-0.15, -0.1) is 12.1 Å². The second-order valence-electron chi connectivity index (χ2n) is 7.20. The van der Waals surface area contributed by atoms with E-state index in [0.29, 0.717) is 11.4 Å². The predicted octanol–water partition coefficient (Wildman–Crippen LogP) is 6.76. The monoisotopic (exact) mass is 435 g/mol. The fourth-order valence-corrected chi connectivity index (χ4v) is 3.51. The first-order valence-corrected chi connectivity index (χ1v) is 9.71. The van der Waals surface area contributed by atoms with Gasteiger partial charge in [-0.1, -0.05) is 48.5 Å². The quantitative estimate of drug-likeness (QED) is 0.208. The van der Waals surface area contributed by atoms with E-state index in [-0.39, 0.29) is 17.4 Å². The highest BCUT2D eigenvalue weighted by Gasteiger charge is 2.33. The van der Waals surface area contributed by atoms with Gasteiger partial charge in [0.05, 0.1) is 0 Å². The molecule has 0 aliphatic carbocycles. The van der Waals surface area contributed by atoms with Crippen LogP contribution in [0.2, 0.25) is 0 Å². The normalized spacial score (nSPS) is 14.9. The van der Waals surface area contributed by atoms with Crippen molar-refractivity contribution >= 4 is 12.4 Å². The lowest BCUT2D eigenvalue weighted by molar-refractivity contribution is -0.354. The number of benzene rings is 3. The van der Waals surface area contributed by atoms with Crippen molar-refractivity contribution in [1.29, 1.82) is 0 Å². The largest absolute Gasteiger partial charge is 0.718 e. The lowest BCUT2D eigenvalue weighted by Crippen LogP contribution is -2.15. The number of halogens is 3. The van der Waals surface area contributed by atoms with Crippen molar-refractivity contribution in [1.82, 2.24) is 0 Å². The lowest BCUT2D eigenvalue weighted by atomic mass is 10.0. The molecule has 1 heterocycles. The summed E-state index contributed by atoms with van der Waals surface area (Å²) in [6.45, 7) is 3.96. The highest BCUT2D eigenvalue weighted by Crippen LogP contribution is 2.42. The topological polar surface area (TPSA) is 25.9 Å². The molecular formula is C26H20F3NO2. The molecule has 3 aromatic rings. The van der Waals surface area contributed by atoms with E-state index in [1.807, 2.05) is 30.3 Å². The molecule has 0 fully saturated rings. The molecular weight excluding hydrogens is 415 g/mol. The number of allylic oxidation sites excluding steroid dienone is 1. The van der Waals surface area contributed by atoms with Crippen LogP contribution < -0.4 is 0 Å². The summed E-state index contributed by atoms with van der Waals surface area (Å²) in [5.41, 5.74) is 1.55. The second kappa shape index (κ2) is 8.30. The molecule has 1 aliphatic rings. The fourth-order valence-electron chi connectivity index (χ4n) is 3.51. The molecule has 0 amide bonds. The molecule has 0 saturated heterocycles. The molecule has 0 spiro atoms. The highest BCUT2D eigenvalue weighted by atomic mass is 19.4. The van der Waals surface area contributed by atoms with E-state index >= 15 is 0 Å². The summed E-state index contributed by atoms with van der Waals surface area (Å²) >= 11 is 0. The van der Waals surface area contributed by atoms with E-state index in [1.165, 1.54) is 16.7 Å². The average molecular weight is 435 g/mol. The Morgan fingerprint density at radius 2 is 1.66 bits per heavy atom. The van der Waals surface area contributed by atoms with Crippen molar-refractivity contribution in [2.24, 2.45) is 0 Å². The van der Waals surface area contributed by atoms with Crippen LogP contribution in [-0.4, -0.2) is 16.4 Å². The summed E-state index contributed by atoms with van der Waals surface area (Å²) in [6.07, 6.45) is 0.479. The van der Waals surface area contributed by atoms with E-state index in [0.717, 1.165) is 17.2 Å². The number of phenols is 1. The standard InChI is InChI=1S/C26H20F3NO2/c1-30(23-16-19(12-14-24(23)31)18-8-4-3-5-9-18)17-20-13-15-25(32(20)2)21-10-6-7-11-22(21)26(27,28)29/h3-17,31H,1-2H2/b20-17-. The highest BCUT2D eigenvalue weighted by molar-refractivity contribution is 5.69. The molecule has 6 heteroatoms. The van der Waals surface area contributed by atoms with Crippen LogP contribution in [0.4, 0.5) is 18.9 Å². The van der Waals surface area contributed by atoms with Gasteiger partial charge in [-0.3, -0.25) is 0 Å². The molecule has 0 atom stereocenters. The molecule has 0 bridgehead atoms. The average Bonchev–Trinajstić information content (AvgIpc) is 3.14. The van der Waals surface area contributed by atoms with E-state index in [4.69, 9.17) is 0 Å². The molecule has 1 N–H and O–H groups in total. The van der Waals surface area contributed by atoms with E-state index in [2.05, 4.69) is 18.2 Å². The Labute approximate surface area is 184 Å². The van der Waals surface area contributed by atoms with E-state index in [1.54, 1.807) is 42.6 Å². The Hall–Kier alpha value is -3.93. The van der Waals surface area contributed by atoms with Crippen LogP contribution in [0.3, 0.4) is 0 Å². The van der Waals surface area contributed by atoms with Gasteiger partial charge < -0.3 is 9.47 Å². The van der Waals surface area contributed by atoms with Crippen LogP contribution in [0.15, 0.2) is 96.9 Å². The Bertz CT molecular complexity index is 1210. The Morgan fingerprint density at radius 1 is 0.969 bits per heavy atom. The molecule has 4 rings (SSSR count). The van der Waals surface area contributed by atoms with Crippen molar-refractivity contribution in [3.05, 3.63) is 121 Å². The summed E-state index contributed by atoms with van der Waals surface area (Å²) in [4.78, 5) is 0. The van der Waals surface area contributed by atoms with Crippen molar-refractivity contribution in [3.63, 3.8) is 0 Å². The van der Waals surface area contributed by atoms with Crippen molar-refractivity contribution in [2.75, 3.05) is 0 Å². The van der Waals surface area contributed by atoms with Gasteiger partial charge in [0, 0.05) is 6.07 Å². The maximum atomic E-state index is 13.4. The van der Waals surface area contributed by atoms with Gasteiger partial charge in [-0.05, 0) is 47.6 Å². The first kappa shape index (κ1) is 21.3. The maximum absolute atomic E-state index is 13.4. The predicted molar refractivity (Wildman–Crippen MR) is 118 cm³/mol. The number of aromatic hydroxyl groups is 1. The molecule has 0 unspecified atom stereocenters. The molecule has 3 nitrogen and oxygen atoms in total. The summed E-state index contributed by atoms with van der Waals surface area (Å²) < 4.78 is 44.1. The lowest BCUT2D eigenvalue weighted by Gasteiger charge is -2.35. The second-order valence-corrected chi connectivity index (χ2v) is 7.20. The zero-order valence-electron chi connectivity index (χ0n) is 17.0. The smallest absolute Gasteiger partial charge is 0.382 e. The molecule has 0 radical (unpaired) electrons. The number of alkyl halides is 3. The van der Waals surface area contributed by atoms with Crippen LogP contribution in [0.1, 0.15) is 11.1 Å². The van der Waals surface area contributed by atoms with Gasteiger partial charge in [0.25, 0.3) is 11.9 Å². The van der Waals surface area contributed by atoms with Gasteiger partial charge in [0.15, 0.2) is 11.9 Å².